The second-order valence-corrected chi connectivity index (χ2v) is 1.91. The van der Waals surface area contributed by atoms with Crippen LogP contribution in [0.4, 0.5) is 4.79 Å². The van der Waals surface area contributed by atoms with Crippen LogP contribution in [-0.2, 0) is 9.59 Å². The van der Waals surface area contributed by atoms with Gasteiger partial charge in [-0.05, 0) is 0 Å². The van der Waals surface area contributed by atoms with E-state index in [1.165, 1.54) is 6.92 Å². The number of carbonyl (C=O) groups excluding carboxylic acids is 3. The van der Waals surface area contributed by atoms with Gasteiger partial charge in [0.15, 0.2) is 0 Å². The van der Waals surface area contributed by atoms with Gasteiger partial charge in [-0.1, -0.05) is 6.92 Å². The number of hydrogen-bond donors (Lipinski definition) is 2. The molecule has 0 aliphatic carbocycles. The Balaban J connectivity index is 3.70. The molecule has 0 aromatic heterocycles. The molecule has 0 spiro atoms. The van der Waals surface area contributed by atoms with Crippen molar-refractivity contribution >= 4 is 17.8 Å². The quantitative estimate of drug-likeness (QED) is 0.553. The fourth-order valence-corrected chi connectivity index (χ4v) is 0.406. The Labute approximate surface area is 64.1 Å². The lowest BCUT2D eigenvalue weighted by atomic mass is 10.5. The van der Waals surface area contributed by atoms with Crippen LogP contribution in [0.2, 0.25) is 0 Å². The Morgan fingerprint density at radius 1 is 1.18 bits per heavy atom. The number of rotatable bonds is 1. The molecule has 5 heteroatoms. The topological polar surface area (TPSA) is 75.3 Å². The van der Waals surface area contributed by atoms with E-state index in [4.69, 9.17) is 0 Å². The minimum Gasteiger partial charge on any atom is -0.278 e. The molecule has 2 N–H and O–H groups in total. The first-order valence-corrected chi connectivity index (χ1v) is 3.17. The summed E-state index contributed by atoms with van der Waals surface area (Å²) in [5.74, 6) is -0.907. The van der Waals surface area contributed by atoms with Gasteiger partial charge >= 0.3 is 6.03 Å². The number of urea groups is 1. The second kappa shape index (κ2) is 4.43. The molecule has 62 valence electrons. The maximum atomic E-state index is 10.6. The lowest BCUT2D eigenvalue weighted by molar-refractivity contribution is -0.119. The summed E-state index contributed by atoms with van der Waals surface area (Å²) in [5.41, 5.74) is 0. The summed E-state index contributed by atoms with van der Waals surface area (Å²) in [4.78, 5) is 31.3. The predicted octanol–water partition coefficient (Wildman–Crippen LogP) is -0.231. The van der Waals surface area contributed by atoms with Gasteiger partial charge in [0.05, 0.1) is 0 Å². The average molecular weight is 158 g/mol. The standard InChI is InChI=1S/C6H10N2O3/c1-3-5(10)8-6(11)7-4(2)9/h3H2,1-2H3,(H2,7,8,9,10,11). The first kappa shape index (κ1) is 9.61. The lowest BCUT2D eigenvalue weighted by Crippen LogP contribution is -2.41. The highest BCUT2D eigenvalue weighted by Gasteiger charge is 2.05. The monoisotopic (exact) mass is 158 g/mol. The Kier molecular flexibility index (Phi) is 3.87. The van der Waals surface area contributed by atoms with E-state index in [1.54, 1.807) is 6.92 Å². The van der Waals surface area contributed by atoms with Crippen molar-refractivity contribution in [1.82, 2.24) is 10.6 Å². The summed E-state index contributed by atoms with van der Waals surface area (Å²) in [6, 6.07) is -0.774. The summed E-state index contributed by atoms with van der Waals surface area (Å²) in [5, 5.41) is 3.85. The highest BCUT2D eigenvalue weighted by molar-refractivity contribution is 6.01. The van der Waals surface area contributed by atoms with E-state index in [-0.39, 0.29) is 6.42 Å². The predicted molar refractivity (Wildman–Crippen MR) is 37.6 cm³/mol. The van der Waals surface area contributed by atoms with Gasteiger partial charge < -0.3 is 0 Å². The maximum Gasteiger partial charge on any atom is 0.328 e. The molecule has 5 nitrogen and oxygen atoms in total. The molecule has 0 rings (SSSR count). The van der Waals surface area contributed by atoms with Gasteiger partial charge in [-0.3, -0.25) is 20.2 Å². The van der Waals surface area contributed by atoms with Crippen LogP contribution in [0, 0.1) is 0 Å². The first-order valence-electron chi connectivity index (χ1n) is 3.17. The zero-order chi connectivity index (χ0) is 8.85. The zero-order valence-corrected chi connectivity index (χ0v) is 6.43. The second-order valence-electron chi connectivity index (χ2n) is 1.91. The third kappa shape index (κ3) is 5.07. The third-order valence-corrected chi connectivity index (χ3v) is 0.864. The minimum absolute atomic E-state index is 0.214. The van der Waals surface area contributed by atoms with Crippen molar-refractivity contribution in [3.63, 3.8) is 0 Å². The van der Waals surface area contributed by atoms with Crippen molar-refractivity contribution in [3.8, 4) is 0 Å². The van der Waals surface area contributed by atoms with Crippen molar-refractivity contribution < 1.29 is 14.4 Å². The number of nitrogens with one attached hydrogen (secondary N) is 2. The van der Waals surface area contributed by atoms with Crippen molar-refractivity contribution in [2.24, 2.45) is 0 Å². The molecule has 11 heavy (non-hydrogen) atoms. The Bertz CT molecular complexity index is 188. The molecule has 0 aliphatic heterocycles. The molecular weight excluding hydrogens is 148 g/mol. The highest BCUT2D eigenvalue weighted by Crippen LogP contribution is 1.74. The van der Waals surface area contributed by atoms with E-state index in [9.17, 15) is 14.4 Å². The zero-order valence-electron chi connectivity index (χ0n) is 6.43. The van der Waals surface area contributed by atoms with Crippen LogP contribution in [0.15, 0.2) is 0 Å². The normalized spacial score (nSPS) is 8.55. The largest absolute Gasteiger partial charge is 0.328 e. The van der Waals surface area contributed by atoms with Gasteiger partial charge in [0, 0.05) is 13.3 Å². The molecule has 0 radical (unpaired) electrons. The molecule has 0 saturated carbocycles. The minimum atomic E-state index is -0.774. The van der Waals surface area contributed by atoms with Crippen molar-refractivity contribution in [2.45, 2.75) is 20.3 Å². The fraction of sp³-hybridized carbons (Fsp3) is 0.500. The molecule has 0 unspecified atom stereocenters. The van der Waals surface area contributed by atoms with Gasteiger partial charge in [0.1, 0.15) is 0 Å². The average Bonchev–Trinajstić information content (AvgIpc) is 1.85. The molecular formula is C6H10N2O3. The molecule has 0 saturated heterocycles. The van der Waals surface area contributed by atoms with E-state index in [0.717, 1.165) is 0 Å². The number of imide groups is 2. The molecule has 4 amide bonds. The van der Waals surface area contributed by atoms with Gasteiger partial charge in [-0.25, -0.2) is 4.79 Å². The summed E-state index contributed by atoms with van der Waals surface area (Å²) in [7, 11) is 0. The Morgan fingerprint density at radius 2 is 1.73 bits per heavy atom. The van der Waals surface area contributed by atoms with Crippen LogP contribution >= 0.6 is 0 Å². The summed E-state index contributed by atoms with van der Waals surface area (Å²) >= 11 is 0. The van der Waals surface area contributed by atoms with Gasteiger partial charge in [0.2, 0.25) is 11.8 Å². The molecule has 0 atom stereocenters. The smallest absolute Gasteiger partial charge is 0.278 e. The van der Waals surface area contributed by atoms with E-state index in [0.29, 0.717) is 0 Å². The van der Waals surface area contributed by atoms with E-state index >= 15 is 0 Å². The van der Waals surface area contributed by atoms with Crippen LogP contribution < -0.4 is 10.6 Å². The van der Waals surface area contributed by atoms with E-state index in [2.05, 4.69) is 0 Å². The SMILES string of the molecule is CCC(=O)NC(=O)NC(C)=O. The molecule has 0 aromatic rings. The van der Waals surface area contributed by atoms with Crippen molar-refractivity contribution in [3.05, 3.63) is 0 Å². The molecule has 0 fully saturated rings. The fourth-order valence-electron chi connectivity index (χ4n) is 0.406. The van der Waals surface area contributed by atoms with Crippen LogP contribution in [0.3, 0.4) is 0 Å². The summed E-state index contributed by atoms with van der Waals surface area (Å²) in [6.45, 7) is 2.80. The van der Waals surface area contributed by atoms with E-state index < -0.39 is 17.8 Å². The van der Waals surface area contributed by atoms with Gasteiger partial charge in [-0.15, -0.1) is 0 Å². The molecule has 0 heterocycles. The van der Waals surface area contributed by atoms with Crippen LogP contribution in [0.25, 0.3) is 0 Å². The molecule has 0 bridgehead atoms. The lowest BCUT2D eigenvalue weighted by Gasteiger charge is -2.00. The maximum absolute atomic E-state index is 10.6. The third-order valence-electron chi connectivity index (χ3n) is 0.864. The van der Waals surface area contributed by atoms with E-state index in [1.807, 2.05) is 10.6 Å². The summed E-state index contributed by atoms with van der Waals surface area (Å²) in [6.07, 6.45) is 0.214. The Hall–Kier alpha value is -1.39. The van der Waals surface area contributed by atoms with Gasteiger partial charge in [-0.2, -0.15) is 0 Å². The molecule has 0 aliphatic rings. The highest BCUT2D eigenvalue weighted by atomic mass is 16.2. The number of hydrogen-bond acceptors (Lipinski definition) is 3. The first-order chi connectivity index (χ1) is 5.06. The van der Waals surface area contributed by atoms with Crippen LogP contribution in [0.5, 0.6) is 0 Å². The van der Waals surface area contributed by atoms with Crippen LogP contribution in [0.1, 0.15) is 20.3 Å². The Morgan fingerprint density at radius 3 is 2.09 bits per heavy atom. The molecule has 0 aromatic carbocycles. The van der Waals surface area contributed by atoms with Crippen molar-refractivity contribution in [2.75, 3.05) is 0 Å². The summed E-state index contributed by atoms with van der Waals surface area (Å²) < 4.78 is 0. The van der Waals surface area contributed by atoms with Crippen molar-refractivity contribution in [1.29, 1.82) is 0 Å². The van der Waals surface area contributed by atoms with Gasteiger partial charge in [0.25, 0.3) is 0 Å². The van der Waals surface area contributed by atoms with Crippen LogP contribution in [-0.4, -0.2) is 17.8 Å². The number of carbonyl (C=O) groups is 3. The number of amides is 4.